The Morgan fingerprint density at radius 2 is 1.76 bits per heavy atom. The summed E-state index contributed by atoms with van der Waals surface area (Å²) < 4.78 is 31.7. The van der Waals surface area contributed by atoms with E-state index in [-0.39, 0.29) is 19.3 Å². The summed E-state index contributed by atoms with van der Waals surface area (Å²) in [5.41, 5.74) is 0. The standard InChI is InChI=1S/C8H22NO6PSi/c1-5-7-15-16(10,11)8-6-9-17(12-2,13-3)14-4/h9H,5-8H2,1-4H3,(H,10,11). The molecular formula is C8H22NO6PSi. The lowest BCUT2D eigenvalue weighted by molar-refractivity contribution is 0.111. The predicted molar refractivity (Wildman–Crippen MR) is 65.7 cm³/mol. The average molecular weight is 287 g/mol. The fraction of sp³-hybridized carbons (Fsp3) is 1.00. The van der Waals surface area contributed by atoms with Gasteiger partial charge < -0.3 is 22.7 Å². The molecule has 0 saturated carbocycles. The van der Waals surface area contributed by atoms with Crippen LogP contribution in [0.25, 0.3) is 0 Å². The van der Waals surface area contributed by atoms with Crippen molar-refractivity contribution in [2.75, 3.05) is 40.6 Å². The van der Waals surface area contributed by atoms with E-state index >= 15 is 0 Å². The van der Waals surface area contributed by atoms with E-state index in [1.54, 1.807) is 0 Å². The van der Waals surface area contributed by atoms with Crippen LogP contribution in [0.2, 0.25) is 0 Å². The van der Waals surface area contributed by atoms with Gasteiger partial charge in [0.1, 0.15) is 0 Å². The Balaban J connectivity index is 4.07. The van der Waals surface area contributed by atoms with Gasteiger partial charge in [-0.2, -0.15) is 0 Å². The van der Waals surface area contributed by atoms with Crippen molar-refractivity contribution in [3.05, 3.63) is 0 Å². The topological polar surface area (TPSA) is 86.3 Å². The Hall–Kier alpha value is 0.207. The summed E-state index contributed by atoms with van der Waals surface area (Å²) in [6, 6.07) is 0. The Kier molecular flexibility index (Phi) is 8.43. The van der Waals surface area contributed by atoms with E-state index in [2.05, 4.69) is 4.98 Å². The maximum absolute atomic E-state index is 11.5. The molecular weight excluding hydrogens is 265 g/mol. The van der Waals surface area contributed by atoms with Gasteiger partial charge in [-0.1, -0.05) is 6.92 Å². The van der Waals surface area contributed by atoms with Crippen LogP contribution in [0.4, 0.5) is 0 Å². The molecule has 0 aliphatic carbocycles. The molecule has 2 N–H and O–H groups in total. The highest BCUT2D eigenvalue weighted by atomic mass is 31.2. The van der Waals surface area contributed by atoms with Gasteiger partial charge in [-0.05, 0) is 6.42 Å². The third-order valence-corrected chi connectivity index (χ3v) is 5.71. The van der Waals surface area contributed by atoms with Gasteiger partial charge in [0.25, 0.3) is 0 Å². The van der Waals surface area contributed by atoms with Crippen molar-refractivity contribution in [1.82, 2.24) is 4.98 Å². The van der Waals surface area contributed by atoms with Gasteiger partial charge in [-0.25, -0.2) is 0 Å². The zero-order chi connectivity index (χ0) is 13.4. The summed E-state index contributed by atoms with van der Waals surface area (Å²) in [5, 5.41) is 0. The molecule has 7 nitrogen and oxygen atoms in total. The summed E-state index contributed by atoms with van der Waals surface area (Å²) in [6.45, 7) is 2.37. The zero-order valence-electron chi connectivity index (χ0n) is 10.8. The van der Waals surface area contributed by atoms with Gasteiger partial charge in [-0.15, -0.1) is 0 Å². The van der Waals surface area contributed by atoms with E-state index < -0.39 is 16.6 Å². The molecule has 0 rings (SSSR count). The molecule has 0 saturated heterocycles. The summed E-state index contributed by atoms with van der Waals surface area (Å²) in [5.74, 6) is 0. The minimum Gasteiger partial charge on any atom is -0.364 e. The van der Waals surface area contributed by atoms with Crippen LogP contribution in [0.1, 0.15) is 13.3 Å². The van der Waals surface area contributed by atoms with Crippen LogP contribution in [-0.4, -0.2) is 54.5 Å². The summed E-state index contributed by atoms with van der Waals surface area (Å²) in [4.78, 5) is 12.3. The zero-order valence-corrected chi connectivity index (χ0v) is 12.7. The lowest BCUT2D eigenvalue weighted by Crippen LogP contribution is -2.57. The lowest BCUT2D eigenvalue weighted by atomic mass is 10.5. The van der Waals surface area contributed by atoms with Crippen molar-refractivity contribution in [2.24, 2.45) is 0 Å². The number of hydrogen-bond donors (Lipinski definition) is 2. The van der Waals surface area contributed by atoms with Gasteiger partial charge in [0.2, 0.25) is 0 Å². The van der Waals surface area contributed by atoms with E-state index in [0.717, 1.165) is 0 Å². The van der Waals surface area contributed by atoms with Crippen molar-refractivity contribution >= 4 is 16.6 Å². The minimum atomic E-state index is -3.53. The fourth-order valence-corrected chi connectivity index (χ4v) is 3.68. The second-order valence-corrected chi connectivity index (χ2v) is 7.96. The van der Waals surface area contributed by atoms with E-state index in [9.17, 15) is 9.46 Å². The van der Waals surface area contributed by atoms with Crippen LogP contribution in [0.15, 0.2) is 0 Å². The molecule has 0 fully saturated rings. The molecule has 0 aliphatic heterocycles. The number of hydrogen-bond acceptors (Lipinski definition) is 6. The van der Waals surface area contributed by atoms with Gasteiger partial charge in [-0.3, -0.25) is 9.55 Å². The monoisotopic (exact) mass is 287 g/mol. The van der Waals surface area contributed by atoms with Crippen LogP contribution in [0, 0.1) is 0 Å². The molecule has 0 bridgehead atoms. The van der Waals surface area contributed by atoms with Crippen molar-refractivity contribution in [3.8, 4) is 0 Å². The normalized spacial score (nSPS) is 15.8. The quantitative estimate of drug-likeness (QED) is 0.448. The maximum Gasteiger partial charge on any atom is 0.596 e. The second-order valence-electron chi connectivity index (χ2n) is 3.29. The van der Waals surface area contributed by atoms with Gasteiger partial charge in [0, 0.05) is 27.9 Å². The molecule has 9 heteroatoms. The van der Waals surface area contributed by atoms with E-state index in [1.165, 1.54) is 21.3 Å². The first kappa shape index (κ1) is 17.2. The van der Waals surface area contributed by atoms with Crippen LogP contribution in [-0.2, 0) is 22.4 Å². The molecule has 1 atom stereocenters. The lowest BCUT2D eigenvalue weighted by Gasteiger charge is -2.24. The van der Waals surface area contributed by atoms with Crippen molar-refractivity contribution in [2.45, 2.75) is 13.3 Å². The maximum atomic E-state index is 11.5. The average Bonchev–Trinajstić information content (AvgIpc) is 2.33. The van der Waals surface area contributed by atoms with Crippen molar-refractivity contribution in [1.29, 1.82) is 0 Å². The Morgan fingerprint density at radius 1 is 1.24 bits per heavy atom. The van der Waals surface area contributed by atoms with Gasteiger partial charge >= 0.3 is 16.6 Å². The summed E-state index contributed by atoms with van der Waals surface area (Å²) >= 11 is 0. The molecule has 0 amide bonds. The molecule has 0 spiro atoms. The van der Waals surface area contributed by atoms with E-state index in [4.69, 9.17) is 17.8 Å². The van der Waals surface area contributed by atoms with Crippen LogP contribution >= 0.6 is 7.60 Å². The first-order chi connectivity index (χ1) is 7.95. The third kappa shape index (κ3) is 6.63. The fourth-order valence-electron chi connectivity index (χ4n) is 1.12. The number of nitrogens with one attached hydrogen (secondary N) is 1. The first-order valence-corrected chi connectivity index (χ1v) is 8.81. The van der Waals surface area contributed by atoms with Gasteiger partial charge in [0.15, 0.2) is 0 Å². The molecule has 1 unspecified atom stereocenters. The Labute approximate surface area is 103 Å². The molecule has 0 aliphatic rings. The highest BCUT2D eigenvalue weighted by Crippen LogP contribution is 2.41. The van der Waals surface area contributed by atoms with Crippen LogP contribution in [0.5, 0.6) is 0 Å². The van der Waals surface area contributed by atoms with Crippen LogP contribution < -0.4 is 4.98 Å². The van der Waals surface area contributed by atoms with Crippen LogP contribution in [0.3, 0.4) is 0 Å². The minimum absolute atomic E-state index is 0.0160. The third-order valence-electron chi connectivity index (χ3n) is 2.04. The molecule has 0 aromatic rings. The molecule has 0 aromatic heterocycles. The molecule has 104 valence electrons. The first-order valence-electron chi connectivity index (χ1n) is 5.32. The summed E-state index contributed by atoms with van der Waals surface area (Å²) in [7, 11) is -2.05. The molecule has 0 heterocycles. The molecule has 17 heavy (non-hydrogen) atoms. The Bertz CT molecular complexity index is 242. The molecule has 0 radical (unpaired) electrons. The SMILES string of the molecule is CCCOP(=O)(O)CCN[Si](OC)(OC)OC. The van der Waals surface area contributed by atoms with Crippen molar-refractivity contribution in [3.63, 3.8) is 0 Å². The highest BCUT2D eigenvalue weighted by Gasteiger charge is 2.39. The van der Waals surface area contributed by atoms with E-state index in [0.29, 0.717) is 6.42 Å². The smallest absolute Gasteiger partial charge is 0.364 e. The predicted octanol–water partition coefficient (Wildman–Crippen LogP) is 0.563. The highest BCUT2D eigenvalue weighted by molar-refractivity contribution is 7.52. The second kappa shape index (κ2) is 8.33. The largest absolute Gasteiger partial charge is 0.596 e. The van der Waals surface area contributed by atoms with E-state index in [1.807, 2.05) is 6.92 Å². The molecule has 0 aromatic carbocycles. The van der Waals surface area contributed by atoms with Crippen molar-refractivity contribution < 1.29 is 27.3 Å². The Morgan fingerprint density at radius 3 is 2.18 bits per heavy atom. The number of rotatable bonds is 10. The summed E-state index contributed by atoms with van der Waals surface area (Å²) in [6.07, 6.45) is 0.683. The van der Waals surface area contributed by atoms with Gasteiger partial charge in [0.05, 0.1) is 12.8 Å².